The molecule has 1 aromatic rings. The molecule has 1 aromatic heterocycles. The number of nitrogens with two attached hydrogens (primary N) is 1. The quantitative estimate of drug-likeness (QED) is 0.440. The van der Waals surface area contributed by atoms with Gasteiger partial charge in [-0.1, -0.05) is 0 Å². The monoisotopic (exact) mass is 148 g/mol. The number of hydrazine groups is 1. The van der Waals surface area contributed by atoms with E-state index in [-0.39, 0.29) is 12.4 Å². The van der Waals surface area contributed by atoms with E-state index in [1.165, 1.54) is 0 Å². The van der Waals surface area contributed by atoms with Gasteiger partial charge in [-0.2, -0.15) is 0 Å². The third-order valence-electron chi connectivity index (χ3n) is 0.950. The lowest BCUT2D eigenvalue weighted by atomic mass is 10.9. The fraction of sp³-hybridized carbons (Fsp3) is 0.250. The minimum absolute atomic E-state index is 0. The molecule has 0 saturated heterocycles. The summed E-state index contributed by atoms with van der Waals surface area (Å²) in [6, 6.07) is 0. The number of hydrogen-bond donors (Lipinski definition) is 2. The summed E-state index contributed by atoms with van der Waals surface area (Å²) in [4.78, 5) is 3.86. The van der Waals surface area contributed by atoms with Gasteiger partial charge in [0.25, 0.3) is 0 Å². The Bertz CT molecular complexity index is 173. The van der Waals surface area contributed by atoms with Crippen molar-refractivity contribution in [3.05, 3.63) is 12.4 Å². The molecule has 0 aliphatic heterocycles. The van der Waals surface area contributed by atoms with Crippen molar-refractivity contribution in [2.45, 2.75) is 0 Å². The second-order valence-electron chi connectivity index (χ2n) is 1.51. The van der Waals surface area contributed by atoms with Crippen molar-refractivity contribution in [1.82, 2.24) is 9.55 Å². The van der Waals surface area contributed by atoms with Gasteiger partial charge in [-0.3, -0.25) is 5.43 Å². The minimum atomic E-state index is 0. The molecule has 0 fully saturated rings. The van der Waals surface area contributed by atoms with E-state index in [2.05, 4.69) is 10.4 Å². The van der Waals surface area contributed by atoms with Crippen LogP contribution in [-0.4, -0.2) is 9.55 Å². The van der Waals surface area contributed by atoms with Crippen LogP contribution in [0.5, 0.6) is 0 Å². The molecule has 0 aliphatic rings. The Morgan fingerprint density at radius 1 is 1.78 bits per heavy atom. The molecule has 4 nitrogen and oxygen atoms in total. The average Bonchev–Trinajstić information content (AvgIpc) is 2.14. The number of aryl methyl sites for hydroxylation is 1. The molecule has 52 valence electrons. The highest BCUT2D eigenvalue weighted by Gasteiger charge is 1.89. The predicted molar refractivity (Wildman–Crippen MR) is 38.3 cm³/mol. The number of imidazole rings is 1. The molecule has 9 heavy (non-hydrogen) atoms. The van der Waals surface area contributed by atoms with Crippen LogP contribution in [0.3, 0.4) is 0 Å². The highest BCUT2D eigenvalue weighted by Crippen LogP contribution is 1.95. The first-order valence-corrected chi connectivity index (χ1v) is 2.28. The molecule has 0 aliphatic carbocycles. The first-order valence-electron chi connectivity index (χ1n) is 2.28. The summed E-state index contributed by atoms with van der Waals surface area (Å²) < 4.78 is 1.79. The average molecular weight is 149 g/mol. The molecule has 0 amide bonds. The largest absolute Gasteiger partial charge is 0.320 e. The highest BCUT2D eigenvalue weighted by molar-refractivity contribution is 5.85. The summed E-state index contributed by atoms with van der Waals surface area (Å²) in [5, 5.41) is 0. The Kier molecular flexibility index (Phi) is 3.05. The second kappa shape index (κ2) is 3.32. The number of hydrogen-bond acceptors (Lipinski definition) is 3. The van der Waals surface area contributed by atoms with Crippen molar-refractivity contribution in [3.63, 3.8) is 0 Å². The molecule has 0 spiro atoms. The van der Waals surface area contributed by atoms with E-state index >= 15 is 0 Å². The van der Waals surface area contributed by atoms with Gasteiger partial charge in [0.1, 0.15) is 0 Å². The van der Waals surface area contributed by atoms with Gasteiger partial charge in [0.2, 0.25) is 5.95 Å². The van der Waals surface area contributed by atoms with Crippen LogP contribution >= 0.6 is 12.4 Å². The van der Waals surface area contributed by atoms with Crippen molar-refractivity contribution in [2.24, 2.45) is 12.9 Å². The van der Waals surface area contributed by atoms with Crippen LogP contribution in [0.2, 0.25) is 0 Å². The summed E-state index contributed by atoms with van der Waals surface area (Å²) in [5.74, 6) is 5.73. The molecule has 1 heterocycles. The zero-order valence-corrected chi connectivity index (χ0v) is 5.85. The topological polar surface area (TPSA) is 55.9 Å². The van der Waals surface area contributed by atoms with Gasteiger partial charge < -0.3 is 4.57 Å². The van der Waals surface area contributed by atoms with Crippen LogP contribution in [0.15, 0.2) is 12.4 Å². The number of nitrogens with one attached hydrogen (secondary N) is 1. The molecule has 0 atom stereocenters. The van der Waals surface area contributed by atoms with Crippen molar-refractivity contribution >= 4 is 18.4 Å². The van der Waals surface area contributed by atoms with E-state index in [4.69, 9.17) is 5.84 Å². The lowest BCUT2D eigenvalue weighted by Gasteiger charge is -1.95. The highest BCUT2D eigenvalue weighted by atomic mass is 35.5. The Hall–Kier alpha value is -0.740. The number of aromatic nitrogens is 2. The maximum absolute atomic E-state index is 5.06. The second-order valence-corrected chi connectivity index (χ2v) is 1.51. The molecular weight excluding hydrogens is 140 g/mol. The lowest BCUT2D eigenvalue weighted by molar-refractivity contribution is 0.911. The van der Waals surface area contributed by atoms with E-state index in [1.54, 1.807) is 10.8 Å². The van der Waals surface area contributed by atoms with Gasteiger partial charge in [0.15, 0.2) is 0 Å². The van der Waals surface area contributed by atoms with Crippen LogP contribution in [0.1, 0.15) is 0 Å². The number of rotatable bonds is 1. The Labute approximate surface area is 59.4 Å². The van der Waals surface area contributed by atoms with Gasteiger partial charge >= 0.3 is 0 Å². The maximum atomic E-state index is 5.06. The summed E-state index contributed by atoms with van der Waals surface area (Å²) in [5.41, 5.74) is 2.43. The van der Waals surface area contributed by atoms with Crippen LogP contribution < -0.4 is 11.3 Å². The number of nitrogens with zero attached hydrogens (tertiary/aromatic N) is 2. The molecule has 3 N–H and O–H groups in total. The zero-order chi connectivity index (χ0) is 5.98. The number of nitrogen functional groups attached to an aromatic ring is 1. The Morgan fingerprint density at radius 3 is 2.67 bits per heavy atom. The third-order valence-corrected chi connectivity index (χ3v) is 0.950. The van der Waals surface area contributed by atoms with Crippen molar-refractivity contribution < 1.29 is 0 Å². The molecule has 0 radical (unpaired) electrons. The lowest BCUT2D eigenvalue weighted by Crippen LogP contribution is -2.10. The maximum Gasteiger partial charge on any atom is 0.216 e. The summed E-state index contributed by atoms with van der Waals surface area (Å²) in [7, 11) is 1.86. The van der Waals surface area contributed by atoms with E-state index in [0.717, 1.165) is 0 Å². The molecule has 0 saturated carbocycles. The zero-order valence-electron chi connectivity index (χ0n) is 5.03. The smallest absolute Gasteiger partial charge is 0.216 e. The molecule has 5 heteroatoms. The summed E-state index contributed by atoms with van der Waals surface area (Å²) in [6.07, 6.45) is 3.49. The molecule has 0 aromatic carbocycles. The van der Waals surface area contributed by atoms with Crippen LogP contribution in [0.4, 0.5) is 5.95 Å². The van der Waals surface area contributed by atoms with Gasteiger partial charge in [0, 0.05) is 19.4 Å². The van der Waals surface area contributed by atoms with Gasteiger partial charge in [-0.15, -0.1) is 12.4 Å². The normalized spacial score (nSPS) is 8.22. The van der Waals surface area contributed by atoms with Gasteiger partial charge in [-0.25, -0.2) is 10.8 Å². The standard InChI is InChI=1S/C4H8N4.ClH/c1-8-3-2-6-4(8)7-5;/h2-3H,5H2,1H3,(H,6,7);1H. The van der Waals surface area contributed by atoms with E-state index in [0.29, 0.717) is 5.95 Å². The van der Waals surface area contributed by atoms with Gasteiger partial charge in [-0.05, 0) is 0 Å². The minimum Gasteiger partial charge on any atom is -0.320 e. The first kappa shape index (κ1) is 8.26. The molecule has 0 unspecified atom stereocenters. The SMILES string of the molecule is Cl.Cn1ccnc1NN. The van der Waals surface area contributed by atoms with Crippen LogP contribution in [0, 0.1) is 0 Å². The van der Waals surface area contributed by atoms with Gasteiger partial charge in [0.05, 0.1) is 0 Å². The summed E-state index contributed by atoms with van der Waals surface area (Å²) in [6.45, 7) is 0. The van der Waals surface area contributed by atoms with E-state index < -0.39 is 0 Å². The molecular formula is C4H9ClN4. The fourth-order valence-electron chi connectivity index (χ4n) is 0.505. The van der Waals surface area contributed by atoms with Crippen molar-refractivity contribution in [2.75, 3.05) is 5.43 Å². The molecule has 0 bridgehead atoms. The third kappa shape index (κ3) is 1.58. The van der Waals surface area contributed by atoms with Crippen LogP contribution in [-0.2, 0) is 7.05 Å². The van der Waals surface area contributed by atoms with Crippen molar-refractivity contribution in [1.29, 1.82) is 0 Å². The summed E-state index contributed by atoms with van der Waals surface area (Å²) >= 11 is 0. The molecule has 1 rings (SSSR count). The fourth-order valence-corrected chi connectivity index (χ4v) is 0.505. The number of halogens is 1. The first-order chi connectivity index (χ1) is 3.84. The van der Waals surface area contributed by atoms with Crippen LogP contribution in [0.25, 0.3) is 0 Å². The predicted octanol–water partition coefficient (Wildman–Crippen LogP) is 0.128. The van der Waals surface area contributed by atoms with E-state index in [9.17, 15) is 0 Å². The Balaban J connectivity index is 0.000000640. The Morgan fingerprint density at radius 2 is 2.44 bits per heavy atom. The van der Waals surface area contributed by atoms with E-state index in [1.807, 2.05) is 13.2 Å². The number of anilines is 1. The van der Waals surface area contributed by atoms with Crippen molar-refractivity contribution in [3.8, 4) is 0 Å².